The van der Waals surface area contributed by atoms with Gasteiger partial charge >= 0.3 is 0 Å². The summed E-state index contributed by atoms with van der Waals surface area (Å²) in [6, 6.07) is 11.9. The fourth-order valence-electron chi connectivity index (χ4n) is 4.33. The number of fused-ring (bicyclic) bond motifs is 1. The van der Waals surface area contributed by atoms with Crippen molar-refractivity contribution in [3.63, 3.8) is 0 Å². The number of nitrogens with zero attached hydrogens (tertiary/aromatic N) is 3. The summed E-state index contributed by atoms with van der Waals surface area (Å²) in [5, 5.41) is 12.5. The molecule has 0 radical (unpaired) electrons. The number of rotatable bonds is 4. The van der Waals surface area contributed by atoms with Crippen LogP contribution < -0.4 is 10.1 Å². The molecular weight excluding hydrogens is 364 g/mol. The summed E-state index contributed by atoms with van der Waals surface area (Å²) >= 11 is 0. The molecule has 2 aliphatic heterocycles. The van der Waals surface area contributed by atoms with Crippen molar-refractivity contribution < 1.29 is 9.53 Å². The van der Waals surface area contributed by atoms with E-state index in [1.807, 2.05) is 36.4 Å². The summed E-state index contributed by atoms with van der Waals surface area (Å²) < 4.78 is 5.39. The maximum absolute atomic E-state index is 12.9. The summed E-state index contributed by atoms with van der Waals surface area (Å²) in [7, 11) is 3.71. The first-order chi connectivity index (χ1) is 14.1. The summed E-state index contributed by atoms with van der Waals surface area (Å²) in [5.41, 5.74) is 5.07. The first-order valence-corrected chi connectivity index (χ1v) is 10.0. The van der Waals surface area contributed by atoms with E-state index in [2.05, 4.69) is 23.5 Å². The molecule has 6 nitrogen and oxygen atoms in total. The largest absolute Gasteiger partial charge is 0.497 e. The van der Waals surface area contributed by atoms with Gasteiger partial charge in [-0.05, 0) is 73.0 Å². The van der Waals surface area contributed by atoms with Gasteiger partial charge in [0.15, 0.2) is 6.19 Å². The number of amides is 1. The predicted molar refractivity (Wildman–Crippen MR) is 112 cm³/mol. The molecule has 1 amide bonds. The van der Waals surface area contributed by atoms with E-state index < -0.39 is 0 Å². The second kappa shape index (κ2) is 8.14. The number of benzene rings is 2. The van der Waals surface area contributed by atoms with Crippen LogP contribution in [0.25, 0.3) is 11.1 Å². The predicted octanol–water partition coefficient (Wildman–Crippen LogP) is 3.44. The first-order valence-electron chi connectivity index (χ1n) is 10.0. The van der Waals surface area contributed by atoms with Crippen LogP contribution in [0.3, 0.4) is 0 Å². The topological polar surface area (TPSA) is 68.6 Å². The Bertz CT molecular complexity index is 966. The van der Waals surface area contributed by atoms with Crippen molar-refractivity contribution >= 4 is 11.6 Å². The Balaban J connectivity index is 1.67. The molecule has 1 N–H and O–H groups in total. The number of hydrogen-bond donors (Lipinski definition) is 1. The van der Waals surface area contributed by atoms with Crippen molar-refractivity contribution in [2.45, 2.75) is 25.9 Å². The SMILES string of the molecule is COc1cccc(-c2cc(NC(=O)[C@@H]3CCCN(C)C3)cc3c2CN(C#N)C3)c1. The van der Waals surface area contributed by atoms with Gasteiger partial charge < -0.3 is 19.9 Å². The fourth-order valence-corrected chi connectivity index (χ4v) is 4.33. The second-order valence-corrected chi connectivity index (χ2v) is 7.94. The lowest BCUT2D eigenvalue weighted by Crippen LogP contribution is -2.38. The smallest absolute Gasteiger partial charge is 0.228 e. The van der Waals surface area contributed by atoms with Crippen molar-refractivity contribution in [3.05, 3.63) is 47.5 Å². The normalized spacial score (nSPS) is 18.8. The first kappa shape index (κ1) is 19.3. The van der Waals surface area contributed by atoms with Gasteiger partial charge in [0, 0.05) is 12.2 Å². The number of hydrogen-bond acceptors (Lipinski definition) is 5. The Morgan fingerprint density at radius 3 is 2.90 bits per heavy atom. The van der Waals surface area contributed by atoms with Gasteiger partial charge in [-0.1, -0.05) is 12.1 Å². The minimum absolute atomic E-state index is 0.0119. The lowest BCUT2D eigenvalue weighted by molar-refractivity contribution is -0.121. The molecule has 29 heavy (non-hydrogen) atoms. The molecule has 1 atom stereocenters. The summed E-state index contributed by atoms with van der Waals surface area (Å²) in [4.78, 5) is 16.8. The van der Waals surface area contributed by atoms with Crippen LogP contribution in [0.2, 0.25) is 0 Å². The van der Waals surface area contributed by atoms with E-state index in [4.69, 9.17) is 4.74 Å². The molecule has 0 aliphatic carbocycles. The van der Waals surface area contributed by atoms with Crippen LogP contribution in [0.5, 0.6) is 5.75 Å². The van der Waals surface area contributed by atoms with E-state index in [0.29, 0.717) is 13.1 Å². The minimum Gasteiger partial charge on any atom is -0.497 e. The molecule has 2 aliphatic rings. The lowest BCUT2D eigenvalue weighted by Gasteiger charge is -2.28. The molecule has 2 aromatic carbocycles. The van der Waals surface area contributed by atoms with Crippen molar-refractivity contribution in [2.75, 3.05) is 32.6 Å². The molecule has 1 saturated heterocycles. The highest BCUT2D eigenvalue weighted by Gasteiger charge is 2.26. The third-order valence-electron chi connectivity index (χ3n) is 5.84. The molecule has 0 aromatic heterocycles. The Hall–Kier alpha value is -3.04. The van der Waals surface area contributed by atoms with Crippen LogP contribution >= 0.6 is 0 Å². The van der Waals surface area contributed by atoms with Gasteiger partial charge in [-0.3, -0.25) is 4.79 Å². The number of piperidine rings is 1. The van der Waals surface area contributed by atoms with Gasteiger partial charge in [-0.15, -0.1) is 0 Å². The fraction of sp³-hybridized carbons (Fsp3) is 0.391. The number of anilines is 1. The van der Waals surface area contributed by atoms with Crippen LogP contribution in [-0.4, -0.2) is 43.0 Å². The standard InChI is InChI=1S/C23H26N4O2/c1-26-8-4-6-17(12-26)23(28)25-19-9-18-13-27(15-24)14-22(18)21(11-19)16-5-3-7-20(10-16)29-2/h3,5,7,9-11,17H,4,6,8,12-14H2,1-2H3,(H,25,28)/t17-/m1/s1. The van der Waals surface area contributed by atoms with Crippen molar-refractivity contribution in [1.82, 2.24) is 9.80 Å². The van der Waals surface area contributed by atoms with Crippen molar-refractivity contribution in [1.29, 1.82) is 5.26 Å². The number of ether oxygens (including phenoxy) is 1. The number of methoxy groups -OCH3 is 1. The molecule has 6 heteroatoms. The van der Waals surface area contributed by atoms with Crippen LogP contribution in [-0.2, 0) is 17.9 Å². The zero-order chi connectivity index (χ0) is 20.4. The van der Waals surface area contributed by atoms with E-state index in [9.17, 15) is 10.1 Å². The maximum atomic E-state index is 12.9. The Labute approximate surface area is 171 Å². The third kappa shape index (κ3) is 4.06. The average molecular weight is 390 g/mol. The molecule has 1 fully saturated rings. The van der Waals surface area contributed by atoms with Crippen LogP contribution in [0.4, 0.5) is 5.69 Å². The van der Waals surface area contributed by atoms with Gasteiger partial charge in [0.2, 0.25) is 5.91 Å². The summed E-state index contributed by atoms with van der Waals surface area (Å²) in [6.45, 7) is 2.99. The number of likely N-dealkylation sites (tertiary alicyclic amines) is 1. The van der Waals surface area contributed by atoms with Gasteiger partial charge in [0.1, 0.15) is 5.75 Å². The third-order valence-corrected chi connectivity index (χ3v) is 5.84. The number of carbonyl (C=O) groups is 1. The molecule has 0 saturated carbocycles. The molecule has 150 valence electrons. The van der Waals surface area contributed by atoms with E-state index in [0.717, 1.165) is 59.6 Å². The van der Waals surface area contributed by atoms with Gasteiger partial charge in [-0.2, -0.15) is 5.26 Å². The van der Waals surface area contributed by atoms with Crippen LogP contribution in [0, 0.1) is 17.4 Å². The quantitative estimate of drug-likeness (QED) is 0.810. The Morgan fingerprint density at radius 2 is 2.14 bits per heavy atom. The van der Waals surface area contributed by atoms with Crippen molar-refractivity contribution in [3.8, 4) is 23.1 Å². The van der Waals surface area contributed by atoms with Gasteiger partial charge in [0.25, 0.3) is 0 Å². The van der Waals surface area contributed by atoms with Crippen molar-refractivity contribution in [2.24, 2.45) is 5.92 Å². The highest BCUT2D eigenvalue weighted by molar-refractivity contribution is 5.94. The molecule has 0 unspecified atom stereocenters. The molecule has 0 spiro atoms. The van der Waals surface area contributed by atoms with Crippen LogP contribution in [0.15, 0.2) is 36.4 Å². The average Bonchev–Trinajstić information content (AvgIpc) is 3.16. The molecule has 2 heterocycles. The second-order valence-electron chi connectivity index (χ2n) is 7.94. The zero-order valence-corrected chi connectivity index (χ0v) is 16.9. The van der Waals surface area contributed by atoms with E-state index in [1.54, 1.807) is 12.0 Å². The molecule has 4 rings (SSSR count). The minimum atomic E-state index is 0.0119. The van der Waals surface area contributed by atoms with E-state index in [-0.39, 0.29) is 11.8 Å². The highest BCUT2D eigenvalue weighted by atomic mass is 16.5. The zero-order valence-electron chi connectivity index (χ0n) is 16.9. The Morgan fingerprint density at radius 1 is 1.28 bits per heavy atom. The maximum Gasteiger partial charge on any atom is 0.228 e. The van der Waals surface area contributed by atoms with E-state index in [1.165, 1.54) is 0 Å². The summed E-state index contributed by atoms with van der Waals surface area (Å²) in [5.74, 6) is 0.868. The number of nitrogens with one attached hydrogen (secondary N) is 1. The van der Waals surface area contributed by atoms with E-state index >= 15 is 0 Å². The molecule has 2 aromatic rings. The summed E-state index contributed by atoms with van der Waals surface area (Å²) in [6.07, 6.45) is 4.21. The molecular formula is C23H26N4O2. The Kier molecular flexibility index (Phi) is 5.41. The van der Waals surface area contributed by atoms with Gasteiger partial charge in [0.05, 0.1) is 26.1 Å². The van der Waals surface area contributed by atoms with Crippen LogP contribution in [0.1, 0.15) is 24.0 Å². The molecule has 0 bridgehead atoms. The lowest BCUT2D eigenvalue weighted by atomic mass is 9.95. The number of nitriles is 1. The number of carbonyl (C=O) groups excluding carboxylic acids is 1. The highest BCUT2D eigenvalue weighted by Crippen LogP contribution is 2.36. The van der Waals surface area contributed by atoms with Gasteiger partial charge in [-0.25, -0.2) is 0 Å². The monoisotopic (exact) mass is 390 g/mol.